The van der Waals surface area contributed by atoms with E-state index in [2.05, 4.69) is 0 Å². The van der Waals surface area contributed by atoms with Crippen molar-refractivity contribution in [1.82, 2.24) is 4.31 Å². The molecular formula is C13H21NO4S. The van der Waals surface area contributed by atoms with Crippen LogP contribution in [-0.2, 0) is 21.4 Å². The summed E-state index contributed by atoms with van der Waals surface area (Å²) < 4.78 is 31.4. The summed E-state index contributed by atoms with van der Waals surface area (Å²) >= 11 is 0. The largest absolute Gasteiger partial charge is 0.392 e. The van der Waals surface area contributed by atoms with Crippen LogP contribution in [0.3, 0.4) is 0 Å². The zero-order valence-electron chi connectivity index (χ0n) is 11.6. The fourth-order valence-electron chi connectivity index (χ4n) is 1.80. The quantitative estimate of drug-likeness (QED) is 0.817. The lowest BCUT2D eigenvalue weighted by atomic mass is 10.2. The van der Waals surface area contributed by atoms with Gasteiger partial charge in [0.05, 0.1) is 18.1 Å². The van der Waals surface area contributed by atoms with Crippen molar-refractivity contribution in [2.45, 2.75) is 25.3 Å². The third-order valence-electron chi connectivity index (χ3n) is 2.95. The van der Waals surface area contributed by atoms with Crippen LogP contribution in [0.1, 0.15) is 18.1 Å². The Kier molecular flexibility index (Phi) is 5.93. The van der Waals surface area contributed by atoms with E-state index in [4.69, 9.17) is 9.84 Å². The minimum Gasteiger partial charge on any atom is -0.392 e. The minimum absolute atomic E-state index is 0.174. The van der Waals surface area contributed by atoms with Gasteiger partial charge in [0.1, 0.15) is 0 Å². The van der Waals surface area contributed by atoms with Gasteiger partial charge in [-0.15, -0.1) is 0 Å². The van der Waals surface area contributed by atoms with Crippen molar-refractivity contribution >= 4 is 10.0 Å². The third kappa shape index (κ3) is 3.76. The molecule has 1 rings (SSSR count). The van der Waals surface area contributed by atoms with Gasteiger partial charge in [0.2, 0.25) is 10.0 Å². The summed E-state index contributed by atoms with van der Waals surface area (Å²) in [6.45, 7) is 4.42. The van der Waals surface area contributed by atoms with Gasteiger partial charge in [0.15, 0.2) is 0 Å². The number of likely N-dealkylation sites (N-methyl/N-ethyl adjacent to an activating group) is 1. The van der Waals surface area contributed by atoms with E-state index in [0.29, 0.717) is 30.8 Å². The van der Waals surface area contributed by atoms with Gasteiger partial charge >= 0.3 is 0 Å². The fraction of sp³-hybridized carbons (Fsp3) is 0.538. The molecule has 0 unspecified atom stereocenters. The Morgan fingerprint density at radius 3 is 2.58 bits per heavy atom. The predicted molar refractivity (Wildman–Crippen MR) is 73.4 cm³/mol. The highest BCUT2D eigenvalue weighted by molar-refractivity contribution is 7.89. The van der Waals surface area contributed by atoms with Crippen molar-refractivity contribution < 1.29 is 18.3 Å². The topological polar surface area (TPSA) is 66.8 Å². The molecule has 0 heterocycles. The number of methoxy groups -OCH3 is 1. The molecule has 1 N–H and O–H groups in total. The number of nitrogens with zero attached hydrogens (tertiary/aromatic N) is 1. The second-order valence-electron chi connectivity index (χ2n) is 4.25. The average molecular weight is 287 g/mol. The Bertz CT molecular complexity index is 513. The Hall–Kier alpha value is -0.950. The Morgan fingerprint density at radius 1 is 1.37 bits per heavy atom. The lowest BCUT2D eigenvalue weighted by Gasteiger charge is -2.21. The number of hydrogen-bond acceptors (Lipinski definition) is 4. The number of ether oxygens (including phenoxy) is 1. The Morgan fingerprint density at radius 2 is 2.05 bits per heavy atom. The van der Waals surface area contributed by atoms with E-state index in [1.165, 1.54) is 17.5 Å². The second kappa shape index (κ2) is 7.00. The van der Waals surface area contributed by atoms with Crippen LogP contribution in [0.25, 0.3) is 0 Å². The molecular weight excluding hydrogens is 266 g/mol. The van der Waals surface area contributed by atoms with Crippen molar-refractivity contribution in [3.8, 4) is 0 Å². The van der Waals surface area contributed by atoms with Gasteiger partial charge in [0, 0.05) is 20.2 Å². The summed E-state index contributed by atoms with van der Waals surface area (Å²) in [6.07, 6.45) is 0. The normalized spacial score (nSPS) is 12.1. The molecule has 0 fully saturated rings. The lowest BCUT2D eigenvalue weighted by Crippen LogP contribution is -2.34. The molecule has 108 valence electrons. The molecule has 6 heteroatoms. The van der Waals surface area contributed by atoms with E-state index >= 15 is 0 Å². The molecule has 0 atom stereocenters. The number of sulfonamides is 1. The van der Waals surface area contributed by atoms with E-state index in [1.807, 2.05) is 0 Å². The molecule has 1 aromatic carbocycles. The van der Waals surface area contributed by atoms with E-state index in [9.17, 15) is 8.42 Å². The highest BCUT2D eigenvalue weighted by Gasteiger charge is 2.24. The van der Waals surface area contributed by atoms with Crippen LogP contribution in [0.2, 0.25) is 0 Å². The third-order valence-corrected chi connectivity index (χ3v) is 5.07. The Balaban J connectivity index is 3.17. The zero-order valence-corrected chi connectivity index (χ0v) is 12.4. The molecule has 0 aromatic heterocycles. The highest BCUT2D eigenvalue weighted by Crippen LogP contribution is 2.21. The minimum atomic E-state index is -3.54. The van der Waals surface area contributed by atoms with Crippen molar-refractivity contribution in [3.05, 3.63) is 29.3 Å². The SMILES string of the molecule is CCN(CCOC)S(=O)(=O)c1cc(CO)ccc1C. The first-order valence-corrected chi connectivity index (χ1v) is 7.60. The average Bonchev–Trinajstić information content (AvgIpc) is 2.39. The van der Waals surface area contributed by atoms with Crippen molar-refractivity contribution in [1.29, 1.82) is 0 Å². The predicted octanol–water partition coefficient (Wildman–Crippen LogP) is 1.14. The Labute approximate surface area is 114 Å². The van der Waals surface area contributed by atoms with Crippen LogP contribution < -0.4 is 0 Å². The van der Waals surface area contributed by atoms with Crippen molar-refractivity contribution in [2.75, 3.05) is 26.8 Å². The van der Waals surface area contributed by atoms with Gasteiger partial charge in [-0.2, -0.15) is 4.31 Å². The lowest BCUT2D eigenvalue weighted by molar-refractivity contribution is 0.180. The first-order chi connectivity index (χ1) is 8.97. The van der Waals surface area contributed by atoms with Gasteiger partial charge in [-0.1, -0.05) is 19.1 Å². The fourth-order valence-corrected chi connectivity index (χ4v) is 3.51. The van der Waals surface area contributed by atoms with Crippen molar-refractivity contribution in [3.63, 3.8) is 0 Å². The molecule has 0 aliphatic rings. The summed E-state index contributed by atoms with van der Waals surface area (Å²) in [5.41, 5.74) is 1.26. The smallest absolute Gasteiger partial charge is 0.243 e. The van der Waals surface area contributed by atoms with Crippen LogP contribution in [0, 0.1) is 6.92 Å². The molecule has 5 nitrogen and oxygen atoms in total. The molecule has 0 amide bonds. The van der Waals surface area contributed by atoms with Gasteiger partial charge in [-0.3, -0.25) is 0 Å². The number of rotatable bonds is 7. The van der Waals surface area contributed by atoms with Crippen LogP contribution in [0.5, 0.6) is 0 Å². The summed E-state index contributed by atoms with van der Waals surface area (Å²) in [5, 5.41) is 9.13. The van der Waals surface area contributed by atoms with Crippen LogP contribution >= 0.6 is 0 Å². The molecule has 0 spiro atoms. The molecule has 19 heavy (non-hydrogen) atoms. The van der Waals surface area contributed by atoms with E-state index < -0.39 is 10.0 Å². The van der Waals surface area contributed by atoms with E-state index in [1.54, 1.807) is 26.0 Å². The number of benzene rings is 1. The maximum atomic E-state index is 12.5. The molecule has 0 aliphatic heterocycles. The molecule has 0 aliphatic carbocycles. The first kappa shape index (κ1) is 16.1. The van der Waals surface area contributed by atoms with Gasteiger partial charge < -0.3 is 9.84 Å². The molecule has 0 bridgehead atoms. The van der Waals surface area contributed by atoms with Gasteiger partial charge in [-0.25, -0.2) is 8.42 Å². The summed E-state index contributed by atoms with van der Waals surface area (Å²) in [6, 6.07) is 4.96. The molecule has 1 aromatic rings. The summed E-state index contributed by atoms with van der Waals surface area (Å²) in [4.78, 5) is 0.247. The van der Waals surface area contributed by atoms with Crippen LogP contribution in [-0.4, -0.2) is 44.6 Å². The second-order valence-corrected chi connectivity index (χ2v) is 6.15. The number of aliphatic hydroxyl groups excluding tert-OH is 1. The highest BCUT2D eigenvalue weighted by atomic mass is 32.2. The maximum absolute atomic E-state index is 12.5. The van der Waals surface area contributed by atoms with Gasteiger partial charge in [-0.05, 0) is 24.1 Å². The van der Waals surface area contributed by atoms with E-state index in [-0.39, 0.29) is 11.5 Å². The first-order valence-electron chi connectivity index (χ1n) is 6.16. The van der Waals surface area contributed by atoms with Gasteiger partial charge in [0.25, 0.3) is 0 Å². The van der Waals surface area contributed by atoms with E-state index in [0.717, 1.165) is 0 Å². The maximum Gasteiger partial charge on any atom is 0.243 e. The monoisotopic (exact) mass is 287 g/mol. The number of aliphatic hydroxyl groups is 1. The van der Waals surface area contributed by atoms with Crippen LogP contribution in [0.4, 0.5) is 0 Å². The number of hydrogen-bond donors (Lipinski definition) is 1. The van der Waals surface area contributed by atoms with Crippen molar-refractivity contribution in [2.24, 2.45) is 0 Å². The molecule has 0 saturated carbocycles. The number of aryl methyl sites for hydroxylation is 1. The standard InChI is InChI=1S/C13H21NO4S/c1-4-14(7-8-18-3)19(16,17)13-9-12(10-15)6-5-11(13)2/h5-6,9,15H,4,7-8,10H2,1-3H3. The molecule has 0 radical (unpaired) electrons. The van der Waals surface area contributed by atoms with Crippen LogP contribution in [0.15, 0.2) is 23.1 Å². The summed E-state index contributed by atoms with van der Waals surface area (Å²) in [7, 11) is -2.00. The molecule has 0 saturated heterocycles. The zero-order chi connectivity index (χ0) is 14.5. The summed E-state index contributed by atoms with van der Waals surface area (Å²) in [5.74, 6) is 0.